The fourth-order valence-corrected chi connectivity index (χ4v) is 2.66. The zero-order valence-electron chi connectivity index (χ0n) is 14.0. The third-order valence-electron chi connectivity index (χ3n) is 4.10. The molecule has 2 aromatic carbocycles. The number of aliphatic carboxylic acids is 1. The number of H-pyrrole nitrogens is 1. The summed E-state index contributed by atoms with van der Waals surface area (Å²) in [6.45, 7) is 0. The van der Waals surface area contributed by atoms with Crippen LogP contribution in [0.25, 0.3) is 33.7 Å². The van der Waals surface area contributed by atoms with E-state index in [4.69, 9.17) is 15.4 Å². The minimum Gasteiger partial charge on any atom is -0.480 e. The number of benzene rings is 2. The number of nitrogens with one attached hydrogen (secondary N) is 1. The number of halogens is 1. The van der Waals surface area contributed by atoms with Gasteiger partial charge in [-0.3, -0.25) is 9.89 Å². The lowest BCUT2D eigenvalue weighted by Gasteiger charge is -2.06. The molecule has 0 unspecified atom stereocenters. The van der Waals surface area contributed by atoms with E-state index in [1.165, 1.54) is 0 Å². The molecule has 0 aliphatic rings. The van der Waals surface area contributed by atoms with Crippen LogP contribution < -0.4 is 5.73 Å². The van der Waals surface area contributed by atoms with Crippen molar-refractivity contribution in [3.63, 3.8) is 0 Å². The molecule has 0 spiro atoms. The van der Waals surface area contributed by atoms with Crippen molar-refractivity contribution >= 4 is 29.3 Å². The molecule has 2 heterocycles. The summed E-state index contributed by atoms with van der Waals surface area (Å²) in [6, 6.07) is 12.1. The van der Waals surface area contributed by atoms with E-state index in [0.29, 0.717) is 11.7 Å². The van der Waals surface area contributed by atoms with Crippen LogP contribution >= 0.6 is 12.4 Å². The SMILES string of the molecule is Cl.N[C@@H](Cc1ccc(-c2noc(-c3ccc4cn[nH]c4c3)n2)cc1)C(=O)O. The number of fused-ring (bicyclic) bond motifs is 1. The average molecular weight is 386 g/mol. The highest BCUT2D eigenvalue weighted by Gasteiger charge is 2.14. The maximum atomic E-state index is 10.8. The molecule has 0 saturated heterocycles. The van der Waals surface area contributed by atoms with Crippen LogP contribution in [0.2, 0.25) is 0 Å². The molecule has 0 aliphatic carbocycles. The highest BCUT2D eigenvalue weighted by atomic mass is 35.5. The first-order valence-electron chi connectivity index (χ1n) is 7.95. The van der Waals surface area contributed by atoms with Gasteiger partial charge in [-0.25, -0.2) is 0 Å². The van der Waals surface area contributed by atoms with Gasteiger partial charge in [0, 0.05) is 16.5 Å². The third kappa shape index (κ3) is 3.81. The van der Waals surface area contributed by atoms with Gasteiger partial charge in [-0.15, -0.1) is 12.4 Å². The van der Waals surface area contributed by atoms with Crippen LogP contribution in [0.1, 0.15) is 5.56 Å². The number of carboxylic acids is 1. The van der Waals surface area contributed by atoms with E-state index in [9.17, 15) is 4.79 Å². The molecule has 0 saturated carbocycles. The molecule has 4 aromatic rings. The van der Waals surface area contributed by atoms with Gasteiger partial charge in [0.05, 0.1) is 11.7 Å². The monoisotopic (exact) mass is 385 g/mol. The first kappa shape index (κ1) is 18.6. The van der Waals surface area contributed by atoms with Crippen molar-refractivity contribution in [2.75, 3.05) is 0 Å². The van der Waals surface area contributed by atoms with Gasteiger partial charge in [-0.05, 0) is 24.1 Å². The molecule has 0 amide bonds. The number of hydrogen-bond donors (Lipinski definition) is 3. The van der Waals surface area contributed by atoms with Gasteiger partial charge in [0.15, 0.2) is 0 Å². The van der Waals surface area contributed by atoms with E-state index in [-0.39, 0.29) is 18.8 Å². The second-order valence-corrected chi connectivity index (χ2v) is 5.94. The first-order valence-corrected chi connectivity index (χ1v) is 7.95. The van der Waals surface area contributed by atoms with Crippen LogP contribution in [0.5, 0.6) is 0 Å². The maximum Gasteiger partial charge on any atom is 0.320 e. The van der Waals surface area contributed by atoms with E-state index in [0.717, 1.165) is 27.6 Å². The van der Waals surface area contributed by atoms with Gasteiger partial charge in [-0.2, -0.15) is 10.1 Å². The predicted molar refractivity (Wildman–Crippen MR) is 101 cm³/mol. The largest absolute Gasteiger partial charge is 0.480 e. The normalized spacial score (nSPS) is 11.9. The summed E-state index contributed by atoms with van der Waals surface area (Å²) in [5, 5.41) is 20.8. The Balaban J connectivity index is 0.00000210. The molecule has 0 radical (unpaired) electrons. The van der Waals surface area contributed by atoms with Crippen LogP contribution in [0.15, 0.2) is 53.2 Å². The Morgan fingerprint density at radius 3 is 2.67 bits per heavy atom. The summed E-state index contributed by atoms with van der Waals surface area (Å²) in [6.07, 6.45) is 2.01. The van der Waals surface area contributed by atoms with E-state index in [1.807, 2.05) is 42.5 Å². The van der Waals surface area contributed by atoms with Gasteiger partial charge < -0.3 is 15.4 Å². The van der Waals surface area contributed by atoms with Crippen molar-refractivity contribution < 1.29 is 14.4 Å². The zero-order chi connectivity index (χ0) is 18.1. The average Bonchev–Trinajstić information content (AvgIpc) is 3.31. The molecule has 4 N–H and O–H groups in total. The number of hydrogen-bond acceptors (Lipinski definition) is 6. The van der Waals surface area contributed by atoms with Gasteiger partial charge >= 0.3 is 5.97 Å². The number of aromatic nitrogens is 4. The lowest BCUT2D eigenvalue weighted by atomic mass is 10.0. The van der Waals surface area contributed by atoms with Crippen molar-refractivity contribution in [3.8, 4) is 22.8 Å². The van der Waals surface area contributed by atoms with Crippen molar-refractivity contribution in [3.05, 3.63) is 54.2 Å². The van der Waals surface area contributed by atoms with Crippen LogP contribution in [-0.2, 0) is 11.2 Å². The van der Waals surface area contributed by atoms with Crippen LogP contribution in [-0.4, -0.2) is 37.5 Å². The molecular formula is C18H16ClN5O3. The van der Waals surface area contributed by atoms with Gasteiger partial charge in [0.1, 0.15) is 6.04 Å². The molecule has 0 fully saturated rings. The minimum atomic E-state index is -1.02. The second-order valence-electron chi connectivity index (χ2n) is 5.94. The van der Waals surface area contributed by atoms with Crippen LogP contribution in [0.3, 0.4) is 0 Å². The molecule has 27 heavy (non-hydrogen) atoms. The van der Waals surface area contributed by atoms with Crippen molar-refractivity contribution in [2.24, 2.45) is 5.73 Å². The van der Waals surface area contributed by atoms with Gasteiger partial charge in [-0.1, -0.05) is 35.5 Å². The number of carbonyl (C=O) groups is 1. The highest BCUT2D eigenvalue weighted by Crippen LogP contribution is 2.25. The molecule has 4 rings (SSSR count). The van der Waals surface area contributed by atoms with E-state index in [2.05, 4.69) is 20.3 Å². The van der Waals surface area contributed by atoms with Crippen LogP contribution in [0.4, 0.5) is 0 Å². The molecule has 2 aromatic heterocycles. The summed E-state index contributed by atoms with van der Waals surface area (Å²) in [5.41, 5.74) is 8.84. The highest BCUT2D eigenvalue weighted by molar-refractivity contribution is 5.85. The fraction of sp³-hybridized carbons (Fsp3) is 0.111. The molecule has 138 valence electrons. The Labute approximate surface area is 159 Å². The zero-order valence-corrected chi connectivity index (χ0v) is 14.8. The summed E-state index contributed by atoms with van der Waals surface area (Å²) < 4.78 is 5.36. The first-order chi connectivity index (χ1) is 12.6. The number of aromatic amines is 1. The Bertz CT molecular complexity index is 1070. The van der Waals surface area contributed by atoms with Gasteiger partial charge in [0.2, 0.25) is 5.82 Å². The molecule has 8 nitrogen and oxygen atoms in total. The molecule has 0 aliphatic heterocycles. The lowest BCUT2D eigenvalue weighted by Crippen LogP contribution is -2.32. The molecule has 0 bridgehead atoms. The third-order valence-corrected chi connectivity index (χ3v) is 4.10. The molecule has 9 heteroatoms. The summed E-state index contributed by atoms with van der Waals surface area (Å²) >= 11 is 0. The Hall–Kier alpha value is -3.23. The molecular weight excluding hydrogens is 370 g/mol. The standard InChI is InChI=1S/C18H15N5O3.ClH/c19-14(18(24)25)7-10-1-3-11(4-2-10)16-21-17(26-23-16)12-5-6-13-9-20-22-15(13)8-12;/h1-6,8-9,14H,7,19H2,(H,20,22)(H,24,25);1H/t14-;/m0./s1. The van der Waals surface area contributed by atoms with Gasteiger partial charge in [0.25, 0.3) is 5.89 Å². The number of nitrogens with two attached hydrogens (primary N) is 1. The number of rotatable bonds is 5. The Kier molecular flexibility index (Phi) is 5.20. The van der Waals surface area contributed by atoms with Crippen molar-refractivity contribution in [1.82, 2.24) is 20.3 Å². The van der Waals surface area contributed by atoms with E-state index < -0.39 is 12.0 Å². The fourth-order valence-electron chi connectivity index (χ4n) is 2.66. The Morgan fingerprint density at radius 2 is 1.93 bits per heavy atom. The second kappa shape index (κ2) is 7.56. The van der Waals surface area contributed by atoms with E-state index in [1.54, 1.807) is 6.20 Å². The minimum absolute atomic E-state index is 0. The maximum absolute atomic E-state index is 10.8. The predicted octanol–water partition coefficient (Wildman–Crippen LogP) is 2.66. The van der Waals surface area contributed by atoms with Crippen molar-refractivity contribution in [1.29, 1.82) is 0 Å². The number of carboxylic acid groups (broad SMARTS) is 1. The van der Waals surface area contributed by atoms with Crippen LogP contribution in [0, 0.1) is 0 Å². The quantitative estimate of drug-likeness (QED) is 0.481. The summed E-state index contributed by atoms with van der Waals surface area (Å²) in [4.78, 5) is 15.3. The number of nitrogens with zero attached hydrogens (tertiary/aromatic N) is 3. The lowest BCUT2D eigenvalue weighted by molar-refractivity contribution is -0.138. The van der Waals surface area contributed by atoms with E-state index >= 15 is 0 Å². The van der Waals surface area contributed by atoms with Crippen molar-refractivity contribution in [2.45, 2.75) is 12.5 Å². The molecule has 1 atom stereocenters. The summed E-state index contributed by atoms with van der Waals surface area (Å²) in [7, 11) is 0. The summed E-state index contributed by atoms with van der Waals surface area (Å²) in [5.74, 6) is -0.154. The topological polar surface area (TPSA) is 131 Å². The Morgan fingerprint density at radius 1 is 1.19 bits per heavy atom. The smallest absolute Gasteiger partial charge is 0.320 e.